The Morgan fingerprint density at radius 2 is 1.22 bits per heavy atom. The number of hydrogen-bond acceptors (Lipinski definition) is 10. The molecular weight excluding hydrogens is 252 g/mol. The van der Waals surface area contributed by atoms with Crippen molar-refractivity contribution in [3.63, 3.8) is 0 Å². The first-order valence-electron chi connectivity index (χ1n) is 4.22. The first-order valence-corrected chi connectivity index (χ1v) is 4.22. The van der Waals surface area contributed by atoms with E-state index >= 15 is 0 Å². The van der Waals surface area contributed by atoms with Crippen molar-refractivity contribution in [1.82, 2.24) is 39.9 Å². The first kappa shape index (κ1) is 9.87. The molecular formula is C4N10O4. The van der Waals surface area contributed by atoms with Gasteiger partial charge in [-0.05, 0) is 39.5 Å². The van der Waals surface area contributed by atoms with E-state index in [-0.39, 0.29) is 11.3 Å². The molecule has 3 rings (SSSR count). The predicted octanol–water partition coefficient (Wildman–Crippen LogP) is -1.62. The highest BCUT2D eigenvalue weighted by Gasteiger charge is 2.27. The minimum absolute atomic E-state index is 0.155. The molecule has 0 fully saturated rings. The fourth-order valence-electron chi connectivity index (χ4n) is 1.22. The molecule has 90 valence electrons. The summed E-state index contributed by atoms with van der Waals surface area (Å²) in [6.07, 6.45) is 0. The zero-order valence-corrected chi connectivity index (χ0v) is 8.11. The summed E-state index contributed by atoms with van der Waals surface area (Å²) in [5.74, 6) is -1.44. The molecule has 14 heteroatoms. The molecule has 3 heterocycles. The highest BCUT2D eigenvalue weighted by Crippen LogP contribution is 2.12. The molecule has 0 aliphatic rings. The quantitative estimate of drug-likeness (QED) is 0.380. The lowest BCUT2D eigenvalue weighted by atomic mass is 10.7. The second-order valence-corrected chi connectivity index (χ2v) is 2.94. The summed E-state index contributed by atoms with van der Waals surface area (Å²) in [5, 5.41) is 34.6. The summed E-state index contributed by atoms with van der Waals surface area (Å²) in [7, 11) is 0. The molecule has 3 aromatic heterocycles. The van der Waals surface area contributed by atoms with Crippen LogP contribution in [0.15, 0.2) is 0 Å². The first-order chi connectivity index (χ1) is 8.56. The lowest BCUT2D eigenvalue weighted by molar-refractivity contribution is -0.394. The summed E-state index contributed by atoms with van der Waals surface area (Å²) < 4.78 is 1.48. The maximum atomic E-state index is 10.5. The Labute approximate surface area is 94.1 Å². The molecule has 0 spiro atoms. The number of fused-ring (bicyclic) bond motifs is 3. The van der Waals surface area contributed by atoms with Gasteiger partial charge in [0.2, 0.25) is 0 Å². The minimum Gasteiger partial charge on any atom is -0.390 e. The van der Waals surface area contributed by atoms with Crippen molar-refractivity contribution in [2.24, 2.45) is 0 Å². The zero-order valence-electron chi connectivity index (χ0n) is 8.11. The smallest absolute Gasteiger partial charge is 0.390 e. The maximum Gasteiger partial charge on any atom is 0.493 e. The zero-order chi connectivity index (χ0) is 12.9. The van der Waals surface area contributed by atoms with Gasteiger partial charge >= 0.3 is 23.2 Å². The van der Waals surface area contributed by atoms with E-state index in [9.17, 15) is 20.2 Å². The van der Waals surface area contributed by atoms with Crippen LogP contribution >= 0.6 is 0 Å². The molecule has 18 heavy (non-hydrogen) atoms. The lowest BCUT2D eigenvalue weighted by Crippen LogP contribution is -2.05. The van der Waals surface area contributed by atoms with Crippen LogP contribution in [0.25, 0.3) is 11.3 Å². The van der Waals surface area contributed by atoms with E-state index in [0.29, 0.717) is 0 Å². The van der Waals surface area contributed by atoms with Gasteiger partial charge in [-0.3, -0.25) is 0 Å². The Kier molecular flexibility index (Phi) is 1.70. The van der Waals surface area contributed by atoms with Gasteiger partial charge in [0.1, 0.15) is 0 Å². The van der Waals surface area contributed by atoms with Gasteiger partial charge in [-0.15, -0.1) is 0 Å². The Morgan fingerprint density at radius 1 is 0.833 bits per heavy atom. The average Bonchev–Trinajstić information content (AvgIpc) is 2.91. The van der Waals surface area contributed by atoms with E-state index < -0.39 is 21.7 Å². The van der Waals surface area contributed by atoms with Crippen molar-refractivity contribution >= 4 is 23.2 Å². The van der Waals surface area contributed by atoms with Gasteiger partial charge in [0.05, 0.1) is 10.2 Å². The number of nitrogens with zero attached hydrogens (tertiary/aromatic N) is 10. The molecule has 0 aliphatic carbocycles. The molecule has 0 bridgehead atoms. The molecule has 0 unspecified atom stereocenters. The van der Waals surface area contributed by atoms with Crippen LogP contribution in [0.5, 0.6) is 0 Å². The third-order valence-corrected chi connectivity index (χ3v) is 1.90. The third kappa shape index (κ3) is 1.22. The molecule has 0 atom stereocenters. The van der Waals surface area contributed by atoms with Crippen LogP contribution in [-0.2, 0) is 0 Å². The van der Waals surface area contributed by atoms with Crippen molar-refractivity contribution in [3.05, 3.63) is 20.2 Å². The average molecular weight is 252 g/mol. The van der Waals surface area contributed by atoms with Crippen LogP contribution in [0.1, 0.15) is 0 Å². The van der Waals surface area contributed by atoms with Crippen LogP contribution in [0.2, 0.25) is 0 Å². The maximum absolute atomic E-state index is 10.5. The minimum atomic E-state index is -0.837. The van der Waals surface area contributed by atoms with Crippen molar-refractivity contribution in [2.75, 3.05) is 0 Å². The number of nitro groups is 2. The predicted molar refractivity (Wildman–Crippen MR) is 48.4 cm³/mol. The third-order valence-electron chi connectivity index (χ3n) is 1.90. The number of aromatic nitrogens is 8. The topological polar surface area (TPSA) is 172 Å². The SMILES string of the molecule is O=[N+]([O-])c1nc2c3nc([N+](=O)[O-])nn3nnn2n1. The Balaban J connectivity index is 2.37. The number of hydrogen-bond donors (Lipinski definition) is 0. The summed E-state index contributed by atoms with van der Waals surface area (Å²) in [6, 6.07) is 0. The van der Waals surface area contributed by atoms with Crippen LogP contribution in [0.4, 0.5) is 11.9 Å². The molecule has 3 aromatic rings. The van der Waals surface area contributed by atoms with Crippen LogP contribution < -0.4 is 0 Å². The van der Waals surface area contributed by atoms with E-state index in [0.717, 1.165) is 9.26 Å². The van der Waals surface area contributed by atoms with Crippen molar-refractivity contribution in [3.8, 4) is 0 Å². The van der Waals surface area contributed by atoms with Gasteiger partial charge in [-0.2, -0.15) is 0 Å². The molecule has 0 N–H and O–H groups in total. The monoisotopic (exact) mass is 252 g/mol. The van der Waals surface area contributed by atoms with Crippen LogP contribution in [0, 0.1) is 20.2 Å². The van der Waals surface area contributed by atoms with Gasteiger partial charge < -0.3 is 20.2 Å². The summed E-state index contributed by atoms with van der Waals surface area (Å²) in [6.45, 7) is 0. The molecule has 0 aliphatic heterocycles. The molecule has 0 saturated carbocycles. The number of rotatable bonds is 2. The highest BCUT2D eigenvalue weighted by molar-refractivity contribution is 5.65. The molecule has 14 nitrogen and oxygen atoms in total. The Hall–Kier alpha value is -3.32. The molecule has 0 radical (unpaired) electrons. The van der Waals surface area contributed by atoms with Crippen LogP contribution in [-0.4, -0.2) is 49.7 Å². The molecule has 0 amide bonds. The fraction of sp³-hybridized carbons (Fsp3) is 0. The largest absolute Gasteiger partial charge is 0.493 e. The summed E-state index contributed by atoms with van der Waals surface area (Å²) in [5.41, 5.74) is -0.311. The van der Waals surface area contributed by atoms with E-state index in [1.807, 2.05) is 0 Å². The van der Waals surface area contributed by atoms with E-state index in [4.69, 9.17) is 0 Å². The normalized spacial score (nSPS) is 11.1. The van der Waals surface area contributed by atoms with Gasteiger partial charge in [0, 0.05) is 0 Å². The van der Waals surface area contributed by atoms with E-state index in [2.05, 4.69) is 30.6 Å². The lowest BCUT2D eigenvalue weighted by Gasteiger charge is -1.81. The van der Waals surface area contributed by atoms with Crippen molar-refractivity contribution < 1.29 is 9.85 Å². The van der Waals surface area contributed by atoms with Gasteiger partial charge in [-0.1, -0.05) is 0 Å². The van der Waals surface area contributed by atoms with E-state index in [1.54, 1.807) is 0 Å². The second kappa shape index (κ2) is 3.09. The van der Waals surface area contributed by atoms with Gasteiger partial charge in [0.15, 0.2) is 0 Å². The summed E-state index contributed by atoms with van der Waals surface area (Å²) in [4.78, 5) is 26.3. The Morgan fingerprint density at radius 3 is 1.56 bits per heavy atom. The van der Waals surface area contributed by atoms with Crippen molar-refractivity contribution in [1.29, 1.82) is 0 Å². The second-order valence-electron chi connectivity index (χ2n) is 2.94. The van der Waals surface area contributed by atoms with Gasteiger partial charge in [-0.25, -0.2) is 0 Å². The standard InChI is InChI=1S/C4N10O4/c15-13(16)3-5-1-2-6-4(14(17)18)8-12(2)10-9-11(1)7-3. The highest BCUT2D eigenvalue weighted by atomic mass is 16.6. The fourth-order valence-corrected chi connectivity index (χ4v) is 1.22. The van der Waals surface area contributed by atoms with E-state index in [1.165, 1.54) is 0 Å². The van der Waals surface area contributed by atoms with Crippen LogP contribution in [0.3, 0.4) is 0 Å². The Bertz CT molecular complexity index is 733. The van der Waals surface area contributed by atoms with Crippen molar-refractivity contribution in [2.45, 2.75) is 0 Å². The molecule has 0 saturated heterocycles. The summed E-state index contributed by atoms with van der Waals surface area (Å²) >= 11 is 0. The molecule has 0 aromatic carbocycles. The van der Waals surface area contributed by atoms with Gasteiger partial charge in [0.25, 0.3) is 0 Å².